The van der Waals surface area contributed by atoms with Crippen LogP contribution in [0, 0.1) is 5.92 Å². The SMILES string of the molecule is CC(C)N(CC1CC1)C(=O)c1cccc(CN)c1. The molecule has 18 heavy (non-hydrogen) atoms. The normalized spacial score (nSPS) is 14.9. The largest absolute Gasteiger partial charge is 0.336 e. The first kappa shape index (κ1) is 13.1. The van der Waals surface area contributed by atoms with E-state index in [0.29, 0.717) is 12.5 Å². The summed E-state index contributed by atoms with van der Waals surface area (Å²) in [5.41, 5.74) is 7.39. The Kier molecular flexibility index (Phi) is 4.02. The molecule has 2 N–H and O–H groups in total. The van der Waals surface area contributed by atoms with Gasteiger partial charge in [0, 0.05) is 24.7 Å². The lowest BCUT2D eigenvalue weighted by molar-refractivity contribution is 0.0696. The number of carbonyl (C=O) groups excluding carboxylic acids is 1. The van der Waals surface area contributed by atoms with E-state index in [0.717, 1.165) is 17.7 Å². The van der Waals surface area contributed by atoms with E-state index >= 15 is 0 Å². The quantitative estimate of drug-likeness (QED) is 0.867. The maximum Gasteiger partial charge on any atom is 0.254 e. The smallest absolute Gasteiger partial charge is 0.254 e. The number of benzene rings is 1. The molecule has 0 aliphatic heterocycles. The molecule has 2 rings (SSSR count). The standard InChI is InChI=1S/C15H22N2O/c1-11(2)17(10-12-6-7-12)15(18)14-5-3-4-13(8-14)9-16/h3-5,8,11-12H,6-7,9-10,16H2,1-2H3. The molecule has 1 fully saturated rings. The van der Waals surface area contributed by atoms with Crippen molar-refractivity contribution >= 4 is 5.91 Å². The highest BCUT2D eigenvalue weighted by Gasteiger charge is 2.28. The molecule has 3 nitrogen and oxygen atoms in total. The summed E-state index contributed by atoms with van der Waals surface area (Å²) in [6, 6.07) is 7.90. The first-order valence-electron chi connectivity index (χ1n) is 6.71. The lowest BCUT2D eigenvalue weighted by Crippen LogP contribution is -2.38. The Labute approximate surface area is 109 Å². The lowest BCUT2D eigenvalue weighted by atomic mass is 10.1. The summed E-state index contributed by atoms with van der Waals surface area (Å²) in [5.74, 6) is 0.848. The average Bonchev–Trinajstić information content (AvgIpc) is 3.19. The van der Waals surface area contributed by atoms with Crippen LogP contribution in [0.25, 0.3) is 0 Å². The molecule has 0 atom stereocenters. The first-order chi connectivity index (χ1) is 8.61. The van der Waals surface area contributed by atoms with Crippen LogP contribution in [-0.2, 0) is 6.54 Å². The van der Waals surface area contributed by atoms with Crippen molar-refractivity contribution in [1.82, 2.24) is 4.90 Å². The Morgan fingerprint density at radius 1 is 1.44 bits per heavy atom. The minimum atomic E-state index is 0.132. The molecular formula is C15H22N2O. The van der Waals surface area contributed by atoms with E-state index < -0.39 is 0 Å². The Balaban J connectivity index is 2.15. The number of carbonyl (C=O) groups is 1. The third kappa shape index (κ3) is 3.10. The zero-order valence-corrected chi connectivity index (χ0v) is 11.2. The van der Waals surface area contributed by atoms with Crippen LogP contribution >= 0.6 is 0 Å². The summed E-state index contributed by atoms with van der Waals surface area (Å²) >= 11 is 0. The van der Waals surface area contributed by atoms with Gasteiger partial charge in [-0.25, -0.2) is 0 Å². The van der Waals surface area contributed by atoms with Crippen molar-refractivity contribution in [3.05, 3.63) is 35.4 Å². The van der Waals surface area contributed by atoms with E-state index in [2.05, 4.69) is 13.8 Å². The zero-order chi connectivity index (χ0) is 13.1. The van der Waals surface area contributed by atoms with Gasteiger partial charge in [-0.1, -0.05) is 12.1 Å². The van der Waals surface area contributed by atoms with Crippen LogP contribution in [0.1, 0.15) is 42.6 Å². The number of hydrogen-bond acceptors (Lipinski definition) is 2. The lowest BCUT2D eigenvalue weighted by Gasteiger charge is -2.27. The van der Waals surface area contributed by atoms with Crippen molar-refractivity contribution in [3.8, 4) is 0 Å². The van der Waals surface area contributed by atoms with Gasteiger partial charge in [0.25, 0.3) is 5.91 Å². The highest BCUT2D eigenvalue weighted by molar-refractivity contribution is 5.94. The van der Waals surface area contributed by atoms with Crippen molar-refractivity contribution in [2.45, 2.75) is 39.3 Å². The molecule has 1 amide bonds. The van der Waals surface area contributed by atoms with Crippen LogP contribution in [0.2, 0.25) is 0 Å². The fourth-order valence-electron chi connectivity index (χ4n) is 2.10. The maximum absolute atomic E-state index is 12.5. The van der Waals surface area contributed by atoms with Crippen molar-refractivity contribution in [2.75, 3.05) is 6.54 Å². The third-order valence-electron chi connectivity index (χ3n) is 3.45. The summed E-state index contributed by atoms with van der Waals surface area (Å²) in [4.78, 5) is 14.5. The van der Waals surface area contributed by atoms with Crippen LogP contribution in [0.5, 0.6) is 0 Å². The molecule has 1 aromatic carbocycles. The van der Waals surface area contributed by atoms with Crippen molar-refractivity contribution in [1.29, 1.82) is 0 Å². The Hall–Kier alpha value is -1.35. The highest BCUT2D eigenvalue weighted by atomic mass is 16.2. The number of amides is 1. The van der Waals surface area contributed by atoms with Gasteiger partial charge in [0.2, 0.25) is 0 Å². The second-order valence-corrected chi connectivity index (χ2v) is 5.40. The third-order valence-corrected chi connectivity index (χ3v) is 3.45. The van der Waals surface area contributed by atoms with Crippen molar-refractivity contribution in [3.63, 3.8) is 0 Å². The van der Waals surface area contributed by atoms with E-state index in [-0.39, 0.29) is 11.9 Å². The Bertz CT molecular complexity index is 424. The van der Waals surface area contributed by atoms with Gasteiger partial charge in [-0.05, 0) is 50.3 Å². The molecule has 0 bridgehead atoms. The summed E-state index contributed by atoms with van der Waals surface area (Å²) in [7, 11) is 0. The summed E-state index contributed by atoms with van der Waals surface area (Å²) in [6.07, 6.45) is 2.53. The Morgan fingerprint density at radius 3 is 2.72 bits per heavy atom. The molecular weight excluding hydrogens is 224 g/mol. The van der Waals surface area contributed by atoms with E-state index in [4.69, 9.17) is 5.73 Å². The zero-order valence-electron chi connectivity index (χ0n) is 11.2. The van der Waals surface area contributed by atoms with E-state index in [1.807, 2.05) is 29.2 Å². The van der Waals surface area contributed by atoms with Gasteiger partial charge in [0.15, 0.2) is 0 Å². The Morgan fingerprint density at radius 2 is 2.17 bits per heavy atom. The molecule has 0 saturated heterocycles. The van der Waals surface area contributed by atoms with E-state index in [9.17, 15) is 4.79 Å². The fraction of sp³-hybridized carbons (Fsp3) is 0.533. The predicted octanol–water partition coefficient (Wildman–Crippen LogP) is 2.41. The second-order valence-electron chi connectivity index (χ2n) is 5.40. The molecule has 1 aromatic rings. The average molecular weight is 246 g/mol. The van der Waals surface area contributed by atoms with Crippen LogP contribution in [0.15, 0.2) is 24.3 Å². The molecule has 0 aromatic heterocycles. The summed E-state index contributed by atoms with van der Waals surface area (Å²) in [6.45, 7) is 5.52. The van der Waals surface area contributed by atoms with Gasteiger partial charge in [-0.15, -0.1) is 0 Å². The van der Waals surface area contributed by atoms with Crippen LogP contribution in [0.3, 0.4) is 0 Å². The number of rotatable bonds is 5. The number of nitrogens with zero attached hydrogens (tertiary/aromatic N) is 1. The predicted molar refractivity (Wildman–Crippen MR) is 73.2 cm³/mol. The molecule has 98 valence electrons. The molecule has 0 radical (unpaired) electrons. The summed E-state index contributed by atoms with van der Waals surface area (Å²) < 4.78 is 0. The monoisotopic (exact) mass is 246 g/mol. The van der Waals surface area contributed by atoms with Gasteiger partial charge in [0.05, 0.1) is 0 Å². The topological polar surface area (TPSA) is 46.3 Å². The number of hydrogen-bond donors (Lipinski definition) is 1. The van der Waals surface area contributed by atoms with E-state index in [1.54, 1.807) is 0 Å². The van der Waals surface area contributed by atoms with Crippen LogP contribution in [0.4, 0.5) is 0 Å². The van der Waals surface area contributed by atoms with Crippen LogP contribution in [-0.4, -0.2) is 23.4 Å². The van der Waals surface area contributed by atoms with Crippen molar-refractivity contribution in [2.24, 2.45) is 11.7 Å². The molecule has 3 heteroatoms. The molecule has 0 spiro atoms. The van der Waals surface area contributed by atoms with Gasteiger partial charge in [-0.3, -0.25) is 4.79 Å². The van der Waals surface area contributed by atoms with Gasteiger partial charge in [-0.2, -0.15) is 0 Å². The molecule has 1 aliphatic carbocycles. The molecule has 0 unspecified atom stereocenters. The van der Waals surface area contributed by atoms with Gasteiger partial charge < -0.3 is 10.6 Å². The maximum atomic E-state index is 12.5. The molecule has 1 aliphatic rings. The summed E-state index contributed by atoms with van der Waals surface area (Å²) in [5, 5.41) is 0. The minimum Gasteiger partial charge on any atom is -0.336 e. The van der Waals surface area contributed by atoms with Gasteiger partial charge >= 0.3 is 0 Å². The van der Waals surface area contributed by atoms with Crippen molar-refractivity contribution < 1.29 is 4.79 Å². The van der Waals surface area contributed by atoms with E-state index in [1.165, 1.54) is 12.8 Å². The number of nitrogens with two attached hydrogens (primary N) is 1. The highest BCUT2D eigenvalue weighted by Crippen LogP contribution is 2.30. The molecule has 1 saturated carbocycles. The fourth-order valence-corrected chi connectivity index (χ4v) is 2.10. The molecule has 0 heterocycles. The van der Waals surface area contributed by atoms with Gasteiger partial charge in [0.1, 0.15) is 0 Å². The second kappa shape index (κ2) is 5.53. The van der Waals surface area contributed by atoms with Crippen LogP contribution < -0.4 is 5.73 Å². The first-order valence-corrected chi connectivity index (χ1v) is 6.71. The minimum absolute atomic E-state index is 0.132.